The van der Waals surface area contributed by atoms with Gasteiger partial charge in [0.1, 0.15) is 0 Å². The molecule has 0 radical (unpaired) electrons. The fourth-order valence-electron chi connectivity index (χ4n) is 0. The number of nitrogens with zero attached hydrogens (tertiary/aromatic N) is 2. The van der Waals surface area contributed by atoms with Crippen LogP contribution in [0, 0.1) is 23.7 Å². The average Bonchev–Trinajstić information content (AvgIpc) is 1.75. The van der Waals surface area contributed by atoms with E-state index in [1.807, 2.05) is 0 Å². The fraction of sp³-hybridized carbons (Fsp3) is 0. The summed E-state index contributed by atoms with van der Waals surface area (Å²) in [5, 5.41) is 12.5. The molecule has 0 aliphatic heterocycles. The zero-order chi connectivity index (χ0) is 7.58. The second-order valence-electron chi connectivity index (χ2n) is 0.250. The lowest BCUT2D eigenvalue weighted by Gasteiger charge is -1.94. The molecule has 0 saturated carbocycles. The highest BCUT2D eigenvalue weighted by molar-refractivity contribution is 6.17. The van der Waals surface area contributed by atoms with E-state index in [-0.39, 0.29) is 0 Å². The third kappa shape index (κ3) is 30.2. The summed E-state index contributed by atoms with van der Waals surface area (Å²) in [4.78, 5) is 17.0. The molecule has 0 aromatic rings. The van der Waals surface area contributed by atoms with E-state index in [0.29, 0.717) is 0 Å². The summed E-state index contributed by atoms with van der Waals surface area (Å²) in [5.41, 5.74) is 0. The van der Waals surface area contributed by atoms with Gasteiger partial charge in [-0.15, -0.1) is 0 Å². The molecular formula is C2N2O3Si-4. The molecule has 0 rings (SSSR count). The summed E-state index contributed by atoms with van der Waals surface area (Å²) in [7, 11) is -3.63. The van der Waals surface area contributed by atoms with E-state index in [9.17, 15) is 0 Å². The van der Waals surface area contributed by atoms with E-state index in [1.54, 1.807) is 0 Å². The van der Waals surface area contributed by atoms with Gasteiger partial charge in [-0.25, -0.2) is 0 Å². The van der Waals surface area contributed by atoms with Gasteiger partial charge in [-0.05, 0) is 0 Å². The molecule has 0 bridgehead atoms. The highest BCUT2D eigenvalue weighted by Crippen LogP contribution is 0.990. The van der Waals surface area contributed by atoms with Gasteiger partial charge in [-0.2, -0.15) is 0 Å². The maximum atomic E-state index is 8.52. The molecule has 0 aromatic heterocycles. The van der Waals surface area contributed by atoms with Crippen molar-refractivity contribution in [2.75, 3.05) is 0 Å². The van der Waals surface area contributed by atoms with Crippen LogP contribution in [0.25, 0.3) is 0 Å². The summed E-state index contributed by atoms with van der Waals surface area (Å²) < 4.78 is 8.52. The molecule has 0 aliphatic carbocycles. The van der Waals surface area contributed by atoms with Crippen molar-refractivity contribution in [3.63, 3.8) is 0 Å². The molecular weight excluding hydrogens is 128 g/mol. The van der Waals surface area contributed by atoms with Crippen molar-refractivity contribution in [3.8, 4) is 0 Å². The van der Waals surface area contributed by atoms with Crippen LogP contribution in [-0.4, -0.2) is 9.17 Å². The van der Waals surface area contributed by atoms with Gasteiger partial charge in [-0.3, -0.25) is 0 Å². The lowest BCUT2D eigenvalue weighted by atomic mass is 11.9. The molecule has 0 saturated heterocycles. The van der Waals surface area contributed by atoms with Crippen molar-refractivity contribution in [3.05, 3.63) is 13.1 Å². The first-order valence-electron chi connectivity index (χ1n) is 1.06. The van der Waals surface area contributed by atoms with Gasteiger partial charge in [0, 0.05) is 9.17 Å². The zero-order valence-electron chi connectivity index (χ0n) is 3.62. The van der Waals surface area contributed by atoms with Crippen molar-refractivity contribution >= 4 is 9.17 Å². The molecule has 0 aromatic carbocycles. The second-order valence-corrected chi connectivity index (χ2v) is 0.750. The van der Waals surface area contributed by atoms with E-state index in [4.69, 9.17) is 37.7 Å². The van der Waals surface area contributed by atoms with Gasteiger partial charge in [0.05, 0.1) is 0 Å². The summed E-state index contributed by atoms with van der Waals surface area (Å²) in [6.45, 7) is 9.50. The predicted octanol–water partition coefficient (Wildman–Crippen LogP) is -2.68. The zero-order valence-corrected chi connectivity index (χ0v) is 4.62. The van der Waals surface area contributed by atoms with Crippen LogP contribution in [-0.2, 0) is 4.46 Å². The molecule has 0 spiro atoms. The Balaban J connectivity index is -0.0000000542. The van der Waals surface area contributed by atoms with Crippen LogP contribution >= 0.6 is 0 Å². The van der Waals surface area contributed by atoms with Crippen LogP contribution in [0.1, 0.15) is 0 Å². The smallest absolute Gasteiger partial charge is 0.0172 e. The Morgan fingerprint density at radius 1 is 1.12 bits per heavy atom. The third-order valence-electron chi connectivity index (χ3n) is 0. The number of hydrogen-bond donors (Lipinski definition) is 0. The minimum atomic E-state index is -3.63. The first kappa shape index (κ1) is 16.0. The lowest BCUT2D eigenvalue weighted by molar-refractivity contribution is -0.354. The Bertz CT molecular complexity index is 77.8. The molecule has 0 unspecified atom stereocenters. The summed E-state index contributed by atoms with van der Waals surface area (Å²) in [5.74, 6) is 0. The van der Waals surface area contributed by atoms with Gasteiger partial charge in [0.15, 0.2) is 0 Å². The van der Waals surface area contributed by atoms with Gasteiger partial charge >= 0.3 is 0 Å². The van der Waals surface area contributed by atoms with E-state index in [2.05, 4.69) is 0 Å². The first-order valence-corrected chi connectivity index (χ1v) is 2.28. The van der Waals surface area contributed by atoms with Crippen molar-refractivity contribution in [2.45, 2.75) is 0 Å². The monoisotopic (exact) mass is 128 g/mol. The lowest BCUT2D eigenvalue weighted by Crippen LogP contribution is -2.34. The third-order valence-corrected chi connectivity index (χ3v) is 0. The number of rotatable bonds is 0. The molecule has 0 amide bonds. The fourth-order valence-corrected chi connectivity index (χ4v) is 0. The molecule has 0 N–H and O–H groups in total. The molecule has 0 aliphatic rings. The summed E-state index contributed by atoms with van der Waals surface area (Å²) >= 11 is 0. The normalized spacial score (nSPS) is 3.50. The van der Waals surface area contributed by atoms with Crippen LogP contribution in [0.5, 0.6) is 0 Å². The van der Waals surface area contributed by atoms with E-state index < -0.39 is 9.17 Å². The van der Waals surface area contributed by atoms with Gasteiger partial charge < -0.3 is 37.7 Å². The van der Waals surface area contributed by atoms with Gasteiger partial charge in [-0.1, -0.05) is 0 Å². The highest BCUT2D eigenvalue weighted by Gasteiger charge is 1.29. The second kappa shape index (κ2) is 46.4. The van der Waals surface area contributed by atoms with Crippen molar-refractivity contribution in [1.82, 2.24) is 0 Å². The highest BCUT2D eigenvalue weighted by atomic mass is 28.3. The summed E-state index contributed by atoms with van der Waals surface area (Å²) in [6, 6.07) is 0. The molecule has 5 nitrogen and oxygen atoms in total. The van der Waals surface area contributed by atoms with Crippen LogP contribution in [0.15, 0.2) is 0 Å². The van der Waals surface area contributed by atoms with Crippen molar-refractivity contribution in [2.24, 2.45) is 0 Å². The molecule has 0 heterocycles. The average molecular weight is 128 g/mol. The first-order chi connectivity index (χ1) is 3.73. The maximum Gasteiger partial charge on any atom is 0.0172 e. The topological polar surface area (TPSA) is 111 Å². The van der Waals surface area contributed by atoms with Gasteiger partial charge in [0.25, 0.3) is 0 Å². The van der Waals surface area contributed by atoms with Crippen LogP contribution < -0.4 is 9.59 Å². The summed E-state index contributed by atoms with van der Waals surface area (Å²) in [6.07, 6.45) is 0. The molecule has 6 heteroatoms. The Hall–Kier alpha value is -1.40. The van der Waals surface area contributed by atoms with Crippen molar-refractivity contribution < 1.29 is 14.1 Å². The van der Waals surface area contributed by atoms with E-state index in [1.165, 1.54) is 0 Å². The minimum absolute atomic E-state index is 3.63. The predicted molar refractivity (Wildman–Crippen MR) is 16.4 cm³/mol. The molecule has 0 fully saturated rings. The molecule has 8 heavy (non-hydrogen) atoms. The van der Waals surface area contributed by atoms with E-state index in [0.717, 1.165) is 0 Å². The van der Waals surface area contributed by atoms with E-state index >= 15 is 0 Å². The maximum absolute atomic E-state index is 8.52. The Morgan fingerprint density at radius 3 is 1.12 bits per heavy atom. The molecule has 0 atom stereocenters. The van der Waals surface area contributed by atoms with Crippen LogP contribution in [0.3, 0.4) is 0 Å². The Morgan fingerprint density at radius 2 is 1.12 bits per heavy atom. The minimum Gasteiger partial charge on any atom is -0.672 e. The van der Waals surface area contributed by atoms with Gasteiger partial charge in [0.2, 0.25) is 0 Å². The Kier molecular flexibility index (Phi) is 92.6. The standard InChI is InChI=1S/2CN.O3Si/c2*1-2;1-4(2)3/q2*-1;-2. The Labute approximate surface area is 47.9 Å². The number of hydrogen-bond acceptors (Lipinski definition) is 5. The quantitative estimate of drug-likeness (QED) is 0.260. The largest absolute Gasteiger partial charge is 0.672 e. The van der Waals surface area contributed by atoms with Crippen LogP contribution in [0.2, 0.25) is 0 Å². The molecule has 44 valence electrons. The SMILES string of the molecule is O=[Si]([O-])[O-].[C-]#N.[C-]#N. The van der Waals surface area contributed by atoms with Crippen LogP contribution in [0.4, 0.5) is 0 Å². The van der Waals surface area contributed by atoms with Crippen molar-refractivity contribution in [1.29, 1.82) is 10.5 Å².